The van der Waals surface area contributed by atoms with Gasteiger partial charge >= 0.3 is 0 Å². The first-order valence-electron chi connectivity index (χ1n) is 11.0. The number of aliphatic imine (C=N–C) groups is 2. The lowest BCUT2D eigenvalue weighted by molar-refractivity contribution is -0.120. The minimum atomic E-state index is -3.80. The van der Waals surface area contributed by atoms with E-state index in [1.807, 2.05) is 54.4 Å². The fourth-order valence-corrected chi connectivity index (χ4v) is 6.52. The molecule has 3 aliphatic rings. The predicted octanol–water partition coefficient (Wildman–Crippen LogP) is 4.18. The highest BCUT2D eigenvalue weighted by Gasteiger charge is 2.39. The highest BCUT2D eigenvalue weighted by molar-refractivity contribution is 14.1. The molecule has 7 nitrogen and oxygen atoms in total. The summed E-state index contributed by atoms with van der Waals surface area (Å²) in [6, 6.07) is 13.6. The molecule has 5 rings (SSSR count). The minimum absolute atomic E-state index is 0.190. The smallest absolute Gasteiger partial charge is 0.266 e. The van der Waals surface area contributed by atoms with Gasteiger partial charge in [-0.2, -0.15) is 9.30 Å². The molecule has 0 aromatic heterocycles. The third kappa shape index (κ3) is 4.39. The normalized spacial score (nSPS) is 21.5. The number of nitrogens with zero attached hydrogens (tertiary/aromatic N) is 4. The first-order valence-corrected chi connectivity index (χ1v) is 13.5. The molecule has 0 unspecified atom stereocenters. The van der Waals surface area contributed by atoms with Crippen molar-refractivity contribution >= 4 is 50.2 Å². The van der Waals surface area contributed by atoms with E-state index in [0.717, 1.165) is 20.3 Å². The van der Waals surface area contributed by atoms with Crippen molar-refractivity contribution in [1.29, 1.82) is 0 Å². The number of hydrogen-bond donors (Lipinski definition) is 0. The molecule has 0 N–H and O–H groups in total. The lowest BCUT2D eigenvalue weighted by Crippen LogP contribution is -2.40. The second kappa shape index (κ2) is 9.20. The Hall–Kier alpha value is -2.63. The summed E-state index contributed by atoms with van der Waals surface area (Å²) < 4.78 is 29.0. The lowest BCUT2D eigenvalue weighted by Gasteiger charge is -2.22. The van der Waals surface area contributed by atoms with Gasteiger partial charge in [-0.05, 0) is 72.2 Å². The summed E-state index contributed by atoms with van der Waals surface area (Å²) in [7, 11) is -3.80. The number of rotatable bonds is 3. The number of carbonyl (C=O) groups is 1. The summed E-state index contributed by atoms with van der Waals surface area (Å²) in [6.45, 7) is 2.80. The van der Waals surface area contributed by atoms with Gasteiger partial charge in [0.2, 0.25) is 10.0 Å². The van der Waals surface area contributed by atoms with Crippen molar-refractivity contribution in [1.82, 2.24) is 9.21 Å². The van der Waals surface area contributed by atoms with Gasteiger partial charge in [-0.1, -0.05) is 42.0 Å². The molecule has 34 heavy (non-hydrogen) atoms. The van der Waals surface area contributed by atoms with Crippen molar-refractivity contribution in [3.8, 4) is 0 Å². The van der Waals surface area contributed by atoms with E-state index in [1.165, 1.54) is 4.31 Å². The van der Waals surface area contributed by atoms with Gasteiger partial charge in [-0.3, -0.25) is 4.79 Å². The first-order chi connectivity index (χ1) is 16.3. The highest BCUT2D eigenvalue weighted by Crippen LogP contribution is 2.28. The van der Waals surface area contributed by atoms with E-state index < -0.39 is 22.0 Å². The molecule has 0 saturated carbocycles. The molecule has 0 spiro atoms. The minimum Gasteiger partial charge on any atom is -0.327 e. The van der Waals surface area contributed by atoms with Gasteiger partial charge in [0.15, 0.2) is 5.84 Å². The third-order valence-corrected chi connectivity index (χ3v) is 8.68. The molecule has 174 valence electrons. The molecule has 9 heteroatoms. The van der Waals surface area contributed by atoms with E-state index in [0.29, 0.717) is 37.6 Å². The molecule has 1 saturated heterocycles. The molecule has 1 fully saturated rings. The van der Waals surface area contributed by atoms with Crippen molar-refractivity contribution in [3.63, 3.8) is 0 Å². The zero-order chi connectivity index (χ0) is 23.9. The molecular formula is C25H23IN4O3S. The van der Waals surface area contributed by atoms with Crippen LogP contribution in [0.1, 0.15) is 29.5 Å². The monoisotopic (exact) mass is 586 g/mol. The summed E-state index contributed by atoms with van der Waals surface area (Å²) in [5.74, 6) is 0.520. The van der Waals surface area contributed by atoms with Gasteiger partial charge < -0.3 is 4.90 Å². The number of benzene rings is 2. The molecule has 0 aliphatic carbocycles. The Morgan fingerprint density at radius 2 is 1.88 bits per heavy atom. The van der Waals surface area contributed by atoms with Crippen LogP contribution in [0.5, 0.6) is 0 Å². The van der Waals surface area contributed by atoms with Crippen molar-refractivity contribution in [2.24, 2.45) is 9.98 Å². The van der Waals surface area contributed by atoms with E-state index in [1.54, 1.807) is 24.3 Å². The molecule has 3 heterocycles. The van der Waals surface area contributed by atoms with Crippen LogP contribution in [0.15, 0.2) is 85.3 Å². The fourth-order valence-electron chi connectivity index (χ4n) is 4.35. The summed E-state index contributed by atoms with van der Waals surface area (Å²) in [4.78, 5) is 24.7. The molecular weight excluding hydrogens is 563 g/mol. The number of carbonyl (C=O) groups excluding carboxylic acids is 1. The average molecular weight is 586 g/mol. The van der Waals surface area contributed by atoms with E-state index in [2.05, 4.69) is 27.6 Å². The van der Waals surface area contributed by atoms with Crippen LogP contribution in [0.3, 0.4) is 0 Å². The highest BCUT2D eigenvalue weighted by atomic mass is 127. The van der Waals surface area contributed by atoms with Crippen molar-refractivity contribution in [3.05, 3.63) is 87.2 Å². The Balaban J connectivity index is 1.51. The first kappa shape index (κ1) is 23.1. The van der Waals surface area contributed by atoms with Crippen molar-refractivity contribution in [2.75, 3.05) is 6.54 Å². The maximum absolute atomic E-state index is 13.4. The van der Waals surface area contributed by atoms with Crippen LogP contribution in [-0.2, 0) is 21.4 Å². The molecule has 2 aromatic carbocycles. The number of aryl methyl sites for hydroxylation is 1. The summed E-state index contributed by atoms with van der Waals surface area (Å²) in [5.41, 5.74) is 2.75. The second-order valence-electron chi connectivity index (χ2n) is 8.46. The van der Waals surface area contributed by atoms with E-state index in [-0.39, 0.29) is 4.90 Å². The zero-order valence-electron chi connectivity index (χ0n) is 18.6. The maximum atomic E-state index is 13.4. The molecule has 3 aliphatic heterocycles. The Labute approximate surface area is 212 Å². The number of amides is 1. The summed E-state index contributed by atoms with van der Waals surface area (Å²) in [5, 5.41) is 0. The average Bonchev–Trinajstić information content (AvgIpc) is 3.27. The molecule has 1 amide bonds. The van der Waals surface area contributed by atoms with Gasteiger partial charge in [0.1, 0.15) is 11.9 Å². The van der Waals surface area contributed by atoms with Crippen LogP contribution in [0.2, 0.25) is 0 Å². The largest absolute Gasteiger partial charge is 0.327 e. The van der Waals surface area contributed by atoms with E-state index in [9.17, 15) is 13.2 Å². The van der Waals surface area contributed by atoms with E-state index in [4.69, 9.17) is 4.99 Å². The topological polar surface area (TPSA) is 82.4 Å². The van der Waals surface area contributed by atoms with Crippen LogP contribution in [0.4, 0.5) is 0 Å². The van der Waals surface area contributed by atoms with Gasteiger partial charge in [0.05, 0.1) is 4.90 Å². The van der Waals surface area contributed by atoms with Crippen LogP contribution >= 0.6 is 22.6 Å². The number of fused-ring (bicyclic) bond motifs is 2. The quantitative estimate of drug-likeness (QED) is 0.506. The third-order valence-electron chi connectivity index (χ3n) is 6.12. The SMILES string of the molecule is Cc1ccc(S(=O)(=O)N2CCC[C@@H]2C(=O)N=C2N=C3C=CC(I)=CN3Cc3ccccc32)cc1. The van der Waals surface area contributed by atoms with Gasteiger partial charge in [0, 0.05) is 28.4 Å². The standard InChI is InChI=1S/C25H23IN4O3S/c1-17-8-11-20(12-9-17)34(32,33)30-14-4-7-22(30)25(31)28-24-21-6-3-2-5-18(21)15-29-16-19(26)10-13-23(29)27-24/h2-3,5-6,8-13,16,22H,4,7,14-15H2,1H3/t22-/m1/s1. The number of allylic oxidation sites excluding steroid dienone is 2. The number of amidine groups is 2. The number of halogens is 1. The van der Waals surface area contributed by atoms with Crippen LogP contribution in [0.25, 0.3) is 0 Å². The Morgan fingerprint density at radius 3 is 2.68 bits per heavy atom. The van der Waals surface area contributed by atoms with Crippen LogP contribution in [-0.4, -0.2) is 47.8 Å². The lowest BCUT2D eigenvalue weighted by atomic mass is 10.1. The van der Waals surface area contributed by atoms with E-state index >= 15 is 0 Å². The second-order valence-corrected chi connectivity index (χ2v) is 11.6. The number of sulfonamides is 1. The zero-order valence-corrected chi connectivity index (χ0v) is 21.5. The van der Waals surface area contributed by atoms with Crippen LogP contribution in [0, 0.1) is 6.92 Å². The molecule has 2 aromatic rings. The Bertz CT molecular complexity index is 1380. The predicted molar refractivity (Wildman–Crippen MR) is 140 cm³/mol. The molecule has 0 radical (unpaired) electrons. The van der Waals surface area contributed by atoms with Gasteiger partial charge in [-0.25, -0.2) is 13.4 Å². The van der Waals surface area contributed by atoms with Gasteiger partial charge in [-0.15, -0.1) is 0 Å². The Kier molecular flexibility index (Phi) is 6.26. The summed E-state index contributed by atoms with van der Waals surface area (Å²) >= 11 is 2.26. The van der Waals surface area contributed by atoms with Gasteiger partial charge in [0.25, 0.3) is 5.91 Å². The fraction of sp³-hybridized carbons (Fsp3) is 0.240. The molecule has 1 atom stereocenters. The van der Waals surface area contributed by atoms with Crippen LogP contribution < -0.4 is 0 Å². The van der Waals surface area contributed by atoms with Crippen molar-refractivity contribution < 1.29 is 13.2 Å². The Morgan fingerprint density at radius 1 is 1.12 bits per heavy atom. The maximum Gasteiger partial charge on any atom is 0.266 e. The number of hydrogen-bond acceptors (Lipinski definition) is 4. The summed E-state index contributed by atoms with van der Waals surface area (Å²) in [6.07, 6.45) is 6.91. The van der Waals surface area contributed by atoms with Crippen molar-refractivity contribution in [2.45, 2.75) is 37.2 Å². The molecule has 0 bridgehead atoms.